The number of hydrogen-bond donors (Lipinski definition) is 1. The van der Waals surface area contributed by atoms with Crippen molar-refractivity contribution in [3.05, 3.63) is 194 Å². The summed E-state index contributed by atoms with van der Waals surface area (Å²) in [5.74, 6) is 7.26. The molecule has 2 heteroatoms. The third-order valence-corrected chi connectivity index (χ3v) is 12.3. The van der Waals surface area contributed by atoms with Crippen molar-refractivity contribution < 1.29 is 4.84 Å². The average molecular weight is 762 g/mol. The van der Waals surface area contributed by atoms with Gasteiger partial charge in [0.25, 0.3) is 0 Å². The summed E-state index contributed by atoms with van der Waals surface area (Å²) in [5.41, 5.74) is 26.1. The molecule has 294 valence electrons. The van der Waals surface area contributed by atoms with E-state index in [1.165, 1.54) is 106 Å². The first-order valence-corrected chi connectivity index (χ1v) is 20.7. The average Bonchev–Trinajstić information content (AvgIpc) is 3.16. The Bertz CT molecular complexity index is 2280. The van der Waals surface area contributed by atoms with E-state index in [-0.39, 0.29) is 5.41 Å². The van der Waals surface area contributed by atoms with Crippen molar-refractivity contribution in [2.24, 2.45) is 5.90 Å². The second kappa shape index (κ2) is 16.3. The minimum Gasteiger partial charge on any atom is -0.411 e. The predicted octanol–water partition coefficient (Wildman–Crippen LogP) is 14.6. The molecule has 2 N–H and O–H groups in total. The lowest BCUT2D eigenvalue weighted by Gasteiger charge is -2.26. The Morgan fingerprint density at radius 2 is 0.638 bits per heavy atom. The van der Waals surface area contributed by atoms with Gasteiger partial charge in [-0.15, -0.1) is 0 Å². The maximum atomic E-state index is 6.51. The number of hydrogen-bond acceptors (Lipinski definition) is 2. The summed E-state index contributed by atoms with van der Waals surface area (Å²) in [6.45, 7) is 24.7. The zero-order valence-electron chi connectivity index (χ0n) is 36.4. The summed E-state index contributed by atoms with van der Waals surface area (Å²) in [4.78, 5) is 6.16. The summed E-state index contributed by atoms with van der Waals surface area (Å²) in [6, 6.07) is 44.8. The molecule has 0 fully saturated rings. The topological polar surface area (TPSA) is 35.2 Å². The summed E-state index contributed by atoms with van der Waals surface area (Å²) in [7, 11) is 0. The van der Waals surface area contributed by atoms with Crippen molar-refractivity contribution in [2.45, 2.75) is 94.4 Å². The van der Waals surface area contributed by atoms with E-state index in [0.717, 1.165) is 16.9 Å². The number of aryl methyl sites for hydroxylation is 8. The minimum atomic E-state index is -0.125. The lowest BCUT2D eigenvalue weighted by Crippen LogP contribution is -2.16. The van der Waals surface area contributed by atoms with Crippen LogP contribution in [-0.2, 0) is 18.3 Å². The molecule has 0 heterocycles. The smallest absolute Gasteiger partial charge is 0.153 e. The summed E-state index contributed by atoms with van der Waals surface area (Å²) in [5, 5.41) is 0. The first-order chi connectivity index (χ1) is 27.7. The van der Waals surface area contributed by atoms with Crippen molar-refractivity contribution in [3.8, 4) is 50.3 Å². The van der Waals surface area contributed by atoms with Gasteiger partial charge in [-0.3, -0.25) is 0 Å². The fourth-order valence-electron chi connectivity index (χ4n) is 9.43. The van der Waals surface area contributed by atoms with E-state index in [1.54, 1.807) is 0 Å². The van der Waals surface area contributed by atoms with Gasteiger partial charge in [0.2, 0.25) is 0 Å². The normalized spacial score (nSPS) is 11.6. The highest BCUT2D eigenvalue weighted by atomic mass is 16.6. The van der Waals surface area contributed by atoms with Gasteiger partial charge in [0, 0.05) is 24.0 Å². The summed E-state index contributed by atoms with van der Waals surface area (Å²) >= 11 is 0. The number of nitrogens with two attached hydrogens (primary N) is 1. The Morgan fingerprint density at radius 1 is 0.397 bits per heavy atom. The molecule has 0 amide bonds. The Hall–Kier alpha value is -5.70. The van der Waals surface area contributed by atoms with Crippen LogP contribution in [-0.4, -0.2) is 0 Å². The van der Waals surface area contributed by atoms with Crippen LogP contribution in [0.1, 0.15) is 93.1 Å². The van der Waals surface area contributed by atoms with Crippen LogP contribution >= 0.6 is 0 Å². The molecule has 0 spiro atoms. The second-order valence-corrected chi connectivity index (χ2v) is 17.6. The van der Waals surface area contributed by atoms with Crippen LogP contribution in [0.25, 0.3) is 44.5 Å². The highest BCUT2D eigenvalue weighted by Crippen LogP contribution is 2.44. The van der Waals surface area contributed by atoms with E-state index in [9.17, 15) is 0 Å². The van der Waals surface area contributed by atoms with E-state index < -0.39 is 0 Å². The molecule has 2 nitrogen and oxygen atoms in total. The quantitative estimate of drug-likeness (QED) is 0.149. The first kappa shape index (κ1) is 40.5. The molecule has 7 aromatic carbocycles. The number of rotatable bonds is 9. The minimum absolute atomic E-state index is 0.125. The molecule has 58 heavy (non-hydrogen) atoms. The fourth-order valence-corrected chi connectivity index (χ4v) is 9.43. The Kier molecular flexibility index (Phi) is 11.4. The van der Waals surface area contributed by atoms with Crippen LogP contribution in [0.5, 0.6) is 5.75 Å². The lowest BCUT2D eigenvalue weighted by molar-refractivity contribution is 0.327. The third-order valence-electron chi connectivity index (χ3n) is 12.3. The van der Waals surface area contributed by atoms with Gasteiger partial charge in [-0.2, -0.15) is 5.90 Å². The van der Waals surface area contributed by atoms with Gasteiger partial charge in [0.15, 0.2) is 5.75 Å². The first-order valence-electron chi connectivity index (χ1n) is 20.7. The van der Waals surface area contributed by atoms with E-state index in [4.69, 9.17) is 10.7 Å². The van der Waals surface area contributed by atoms with Gasteiger partial charge >= 0.3 is 0 Å². The third kappa shape index (κ3) is 7.66. The Morgan fingerprint density at radius 3 is 0.862 bits per heavy atom. The fraction of sp³-hybridized carbons (Fsp3) is 0.250. The Labute approximate surface area is 347 Å². The van der Waals surface area contributed by atoms with Crippen LogP contribution in [0.4, 0.5) is 0 Å². The maximum absolute atomic E-state index is 6.51. The highest BCUT2D eigenvalue weighted by molar-refractivity contribution is 5.86. The molecule has 0 unspecified atom stereocenters. The van der Waals surface area contributed by atoms with Crippen LogP contribution in [0, 0.1) is 55.4 Å². The highest BCUT2D eigenvalue weighted by Gasteiger charge is 2.26. The van der Waals surface area contributed by atoms with E-state index >= 15 is 0 Å². The number of benzene rings is 7. The van der Waals surface area contributed by atoms with Gasteiger partial charge in [-0.25, -0.2) is 0 Å². The van der Waals surface area contributed by atoms with Crippen molar-refractivity contribution in [3.63, 3.8) is 0 Å². The molecule has 0 aliphatic rings. The molecule has 0 atom stereocenters. The van der Waals surface area contributed by atoms with Crippen LogP contribution < -0.4 is 10.7 Å². The van der Waals surface area contributed by atoms with Gasteiger partial charge < -0.3 is 4.84 Å². The molecule has 0 bridgehead atoms. The van der Waals surface area contributed by atoms with Crippen molar-refractivity contribution in [2.75, 3.05) is 0 Å². The molecule has 0 radical (unpaired) electrons. The molecule has 0 aliphatic heterocycles. The molecule has 0 saturated heterocycles. The molecule has 7 rings (SSSR count). The second-order valence-electron chi connectivity index (χ2n) is 17.6. The largest absolute Gasteiger partial charge is 0.411 e. The van der Waals surface area contributed by atoms with Crippen LogP contribution in [0.3, 0.4) is 0 Å². The molecular weight excluding hydrogens is 703 g/mol. The molecular formula is C56H59NO. The van der Waals surface area contributed by atoms with Crippen molar-refractivity contribution in [1.82, 2.24) is 0 Å². The lowest BCUT2D eigenvalue weighted by atomic mass is 9.79. The zero-order chi connectivity index (χ0) is 41.5. The monoisotopic (exact) mass is 761 g/mol. The van der Waals surface area contributed by atoms with Crippen molar-refractivity contribution >= 4 is 0 Å². The van der Waals surface area contributed by atoms with Gasteiger partial charge in [-0.05, 0) is 167 Å². The van der Waals surface area contributed by atoms with Crippen molar-refractivity contribution in [1.29, 1.82) is 0 Å². The zero-order valence-corrected chi connectivity index (χ0v) is 36.4. The van der Waals surface area contributed by atoms with E-state index in [2.05, 4.69) is 197 Å². The predicted molar refractivity (Wildman–Crippen MR) is 248 cm³/mol. The van der Waals surface area contributed by atoms with E-state index in [1.807, 2.05) is 0 Å². The molecule has 7 aromatic rings. The van der Waals surface area contributed by atoms with Crippen LogP contribution in [0.2, 0.25) is 0 Å². The standard InChI is InChI=1S/C56H59NO/c1-34-18-12-19-35(2)51(34)45-26-16-27-46(52-36(3)20-13-21-37(52)4)49(45)32-42-30-44(56(9,10)11)31-43(55(42)58-57)33-50-47(53-38(5)22-14-23-39(53)6)28-17-29-48(50)54-40(7)24-15-25-41(54)8/h12-31H,32-33,57H2,1-11H3. The van der Waals surface area contributed by atoms with Crippen LogP contribution in [0.15, 0.2) is 121 Å². The van der Waals surface area contributed by atoms with E-state index in [0.29, 0.717) is 12.8 Å². The Balaban J connectivity index is 1.52. The molecule has 0 aromatic heterocycles. The summed E-state index contributed by atoms with van der Waals surface area (Å²) in [6.07, 6.45) is 1.30. The van der Waals surface area contributed by atoms with Gasteiger partial charge in [-0.1, -0.05) is 142 Å². The SMILES string of the molecule is Cc1cccc(C)c1-c1cccc(-c2c(C)cccc2C)c1Cc1cc(C(C)(C)C)cc(Cc2c(-c3c(C)cccc3C)cccc2-c2c(C)cccc2C)c1ON. The van der Waals surface area contributed by atoms with Gasteiger partial charge in [0.1, 0.15) is 0 Å². The molecule has 0 saturated carbocycles. The van der Waals surface area contributed by atoms with Gasteiger partial charge in [0.05, 0.1) is 0 Å². The maximum Gasteiger partial charge on any atom is 0.153 e. The summed E-state index contributed by atoms with van der Waals surface area (Å²) < 4.78 is 0. The molecule has 0 aliphatic carbocycles.